The zero-order chi connectivity index (χ0) is 16.2. The second kappa shape index (κ2) is 6.47. The first-order valence-corrected chi connectivity index (χ1v) is 6.01. The average molecular weight is 305 g/mol. The molecule has 0 spiro atoms. The molecule has 0 saturated carbocycles. The van der Waals surface area contributed by atoms with Gasteiger partial charge >= 0.3 is 12.3 Å². The van der Waals surface area contributed by atoms with Crippen LogP contribution in [0.4, 0.5) is 13.2 Å². The van der Waals surface area contributed by atoms with Crippen molar-refractivity contribution < 1.29 is 32.6 Å². The maximum Gasteiger partial charge on any atom is 0.573 e. The van der Waals surface area contributed by atoms with Gasteiger partial charge in [0.25, 0.3) is 0 Å². The summed E-state index contributed by atoms with van der Waals surface area (Å²) in [6.45, 7) is 2.99. The molecule has 0 bridgehead atoms. The summed E-state index contributed by atoms with van der Waals surface area (Å²) in [5.41, 5.74) is 0.189. The van der Waals surface area contributed by atoms with Gasteiger partial charge in [-0.3, -0.25) is 4.79 Å². The van der Waals surface area contributed by atoms with Crippen molar-refractivity contribution in [1.29, 1.82) is 0 Å². The van der Waals surface area contributed by atoms with Crippen LogP contribution in [0.25, 0.3) is 0 Å². The van der Waals surface area contributed by atoms with E-state index in [1.807, 2.05) is 0 Å². The number of aliphatic carboxylic acids is 1. The van der Waals surface area contributed by atoms with Crippen LogP contribution < -0.4 is 4.74 Å². The van der Waals surface area contributed by atoms with Gasteiger partial charge in [-0.25, -0.2) is 4.79 Å². The van der Waals surface area contributed by atoms with E-state index in [4.69, 9.17) is 0 Å². The van der Waals surface area contributed by atoms with Crippen molar-refractivity contribution in [1.82, 2.24) is 4.90 Å². The van der Waals surface area contributed by atoms with E-state index in [9.17, 15) is 27.9 Å². The molecule has 8 heteroatoms. The molecule has 1 aromatic rings. The molecule has 1 rings (SSSR count). The summed E-state index contributed by atoms with van der Waals surface area (Å²) in [7, 11) is 0. The number of carboxylic acids is 1. The molecule has 5 nitrogen and oxygen atoms in total. The maximum absolute atomic E-state index is 12.0. The topological polar surface area (TPSA) is 66.8 Å². The number of hydrogen-bond acceptors (Lipinski definition) is 3. The second-order valence-corrected chi connectivity index (χ2v) is 4.16. The Kier molecular flexibility index (Phi) is 5.17. The van der Waals surface area contributed by atoms with E-state index in [2.05, 4.69) is 4.74 Å². The summed E-state index contributed by atoms with van der Waals surface area (Å²) in [6.07, 6.45) is -4.82. The molecular formula is C13H14F3NO4. The first-order chi connectivity index (χ1) is 9.65. The van der Waals surface area contributed by atoms with Gasteiger partial charge < -0.3 is 14.7 Å². The zero-order valence-electron chi connectivity index (χ0n) is 11.3. The fourth-order valence-corrected chi connectivity index (χ4v) is 1.89. The standard InChI is InChI=1S/C13H14F3NO4/c1-3-17(8(2)18)11(12(19)20)9-4-6-10(7-5-9)21-13(14,15)16/h4-7,11H,3H2,1-2H3,(H,19,20). The second-order valence-electron chi connectivity index (χ2n) is 4.16. The lowest BCUT2D eigenvalue weighted by atomic mass is 10.1. The number of halogens is 3. The Morgan fingerprint density at radius 1 is 1.29 bits per heavy atom. The molecule has 0 aliphatic rings. The number of benzene rings is 1. The number of amides is 1. The first kappa shape index (κ1) is 16.8. The predicted octanol–water partition coefficient (Wildman–Crippen LogP) is 2.58. The quantitative estimate of drug-likeness (QED) is 0.908. The number of likely N-dealkylation sites (N-methyl/N-ethyl adjacent to an activating group) is 1. The minimum absolute atomic E-state index is 0.160. The van der Waals surface area contributed by atoms with Gasteiger partial charge in [0, 0.05) is 13.5 Å². The molecule has 1 N–H and O–H groups in total. The SMILES string of the molecule is CCN(C(C)=O)C(C(=O)O)c1ccc(OC(F)(F)F)cc1. The van der Waals surface area contributed by atoms with Crippen molar-refractivity contribution in [3.8, 4) is 5.75 Å². The molecule has 0 heterocycles. The molecule has 1 atom stereocenters. The number of carbonyl (C=O) groups excluding carboxylic acids is 1. The first-order valence-electron chi connectivity index (χ1n) is 6.01. The summed E-state index contributed by atoms with van der Waals surface area (Å²) >= 11 is 0. The summed E-state index contributed by atoms with van der Waals surface area (Å²) in [5.74, 6) is -2.17. The Morgan fingerprint density at radius 2 is 1.81 bits per heavy atom. The van der Waals surface area contributed by atoms with Crippen molar-refractivity contribution >= 4 is 11.9 Å². The molecule has 1 unspecified atom stereocenters. The molecular weight excluding hydrogens is 291 g/mol. The lowest BCUT2D eigenvalue weighted by Gasteiger charge is -2.27. The molecule has 0 aliphatic carbocycles. The van der Waals surface area contributed by atoms with Gasteiger partial charge in [0.15, 0.2) is 6.04 Å². The monoisotopic (exact) mass is 305 g/mol. The molecule has 0 aliphatic heterocycles. The van der Waals surface area contributed by atoms with Gasteiger partial charge in [-0.15, -0.1) is 13.2 Å². The van der Waals surface area contributed by atoms with Gasteiger partial charge in [-0.1, -0.05) is 12.1 Å². The van der Waals surface area contributed by atoms with Crippen LogP contribution in [0.15, 0.2) is 24.3 Å². The van der Waals surface area contributed by atoms with Gasteiger partial charge in [0.05, 0.1) is 0 Å². The fourth-order valence-electron chi connectivity index (χ4n) is 1.89. The molecule has 0 aromatic heterocycles. The normalized spacial score (nSPS) is 12.6. The molecule has 1 aromatic carbocycles. The fraction of sp³-hybridized carbons (Fsp3) is 0.385. The third kappa shape index (κ3) is 4.66. The Morgan fingerprint density at radius 3 is 2.14 bits per heavy atom. The highest BCUT2D eigenvalue weighted by molar-refractivity contribution is 5.83. The number of rotatable bonds is 5. The summed E-state index contributed by atoms with van der Waals surface area (Å²) < 4.78 is 39.8. The summed E-state index contributed by atoms with van der Waals surface area (Å²) in [5, 5.41) is 9.23. The Balaban J connectivity index is 3.05. The largest absolute Gasteiger partial charge is 0.573 e. The maximum atomic E-state index is 12.0. The Labute approximate surface area is 118 Å². The number of carbonyl (C=O) groups is 2. The van der Waals surface area contributed by atoms with Crippen molar-refractivity contribution in [2.45, 2.75) is 26.3 Å². The van der Waals surface area contributed by atoms with E-state index in [1.165, 1.54) is 19.1 Å². The van der Waals surface area contributed by atoms with Crippen LogP contribution in [0.2, 0.25) is 0 Å². The number of ether oxygens (including phenoxy) is 1. The Hall–Kier alpha value is -2.25. The third-order valence-electron chi connectivity index (χ3n) is 2.72. The minimum Gasteiger partial charge on any atom is -0.479 e. The number of alkyl halides is 3. The van der Waals surface area contributed by atoms with E-state index >= 15 is 0 Å². The van der Waals surface area contributed by atoms with Crippen LogP contribution >= 0.6 is 0 Å². The van der Waals surface area contributed by atoms with E-state index in [-0.39, 0.29) is 12.1 Å². The van der Waals surface area contributed by atoms with Gasteiger partial charge in [-0.05, 0) is 24.6 Å². The highest BCUT2D eigenvalue weighted by Crippen LogP contribution is 2.26. The van der Waals surface area contributed by atoms with Crippen molar-refractivity contribution in [2.24, 2.45) is 0 Å². The predicted molar refractivity (Wildman–Crippen MR) is 66.6 cm³/mol. The smallest absolute Gasteiger partial charge is 0.479 e. The van der Waals surface area contributed by atoms with E-state index in [0.717, 1.165) is 17.0 Å². The zero-order valence-corrected chi connectivity index (χ0v) is 11.3. The van der Waals surface area contributed by atoms with Crippen molar-refractivity contribution in [3.05, 3.63) is 29.8 Å². The molecule has 1 amide bonds. The highest BCUT2D eigenvalue weighted by Gasteiger charge is 2.32. The molecule has 0 fully saturated rings. The lowest BCUT2D eigenvalue weighted by molar-refractivity contribution is -0.274. The van der Waals surface area contributed by atoms with Crippen molar-refractivity contribution in [2.75, 3.05) is 6.54 Å². The highest BCUT2D eigenvalue weighted by atomic mass is 19.4. The van der Waals surface area contributed by atoms with Crippen LogP contribution in [0, 0.1) is 0 Å². The van der Waals surface area contributed by atoms with E-state index in [1.54, 1.807) is 6.92 Å². The van der Waals surface area contributed by atoms with E-state index < -0.39 is 30.0 Å². The van der Waals surface area contributed by atoms with Crippen LogP contribution in [0.1, 0.15) is 25.5 Å². The number of nitrogens with zero attached hydrogens (tertiary/aromatic N) is 1. The summed E-state index contributed by atoms with van der Waals surface area (Å²) in [6, 6.07) is 3.13. The molecule has 116 valence electrons. The molecule has 21 heavy (non-hydrogen) atoms. The molecule has 0 saturated heterocycles. The number of carboxylic acid groups (broad SMARTS) is 1. The Bertz CT molecular complexity index is 513. The van der Waals surface area contributed by atoms with Crippen molar-refractivity contribution in [3.63, 3.8) is 0 Å². The minimum atomic E-state index is -4.82. The van der Waals surface area contributed by atoms with Crippen LogP contribution in [-0.2, 0) is 9.59 Å². The van der Waals surface area contributed by atoms with Gasteiger partial charge in [0.1, 0.15) is 5.75 Å². The number of hydrogen-bond donors (Lipinski definition) is 1. The van der Waals surface area contributed by atoms with Gasteiger partial charge in [0.2, 0.25) is 5.91 Å². The third-order valence-corrected chi connectivity index (χ3v) is 2.72. The van der Waals surface area contributed by atoms with Crippen LogP contribution in [0.5, 0.6) is 5.75 Å². The van der Waals surface area contributed by atoms with Gasteiger partial charge in [-0.2, -0.15) is 0 Å². The van der Waals surface area contributed by atoms with Crippen LogP contribution in [-0.4, -0.2) is 34.8 Å². The van der Waals surface area contributed by atoms with Crippen LogP contribution in [0.3, 0.4) is 0 Å². The average Bonchev–Trinajstić information content (AvgIpc) is 2.34. The molecule has 0 radical (unpaired) electrons. The summed E-state index contributed by atoms with van der Waals surface area (Å²) in [4.78, 5) is 23.9. The van der Waals surface area contributed by atoms with E-state index in [0.29, 0.717) is 0 Å². The lowest BCUT2D eigenvalue weighted by Crippen LogP contribution is -2.37.